The minimum Gasteiger partial charge on any atom is -0.457 e. The highest BCUT2D eigenvalue weighted by Gasteiger charge is 2.30. The SMILES string of the molecule is CC1CCC(C2CCC(c3ccc(Oc4cc(N)cc(N)c4)cc3)CC2)CC1. The Balaban J connectivity index is 1.32. The van der Waals surface area contributed by atoms with Crippen LogP contribution in [0.2, 0.25) is 0 Å². The zero-order chi connectivity index (χ0) is 19.5. The van der Waals surface area contributed by atoms with E-state index in [9.17, 15) is 0 Å². The third kappa shape index (κ3) is 4.63. The quantitative estimate of drug-likeness (QED) is 0.579. The maximum Gasteiger partial charge on any atom is 0.131 e. The molecule has 3 nitrogen and oxygen atoms in total. The number of nitrogen functional groups attached to an aromatic ring is 2. The van der Waals surface area contributed by atoms with Crippen molar-refractivity contribution in [3.05, 3.63) is 48.0 Å². The number of hydrogen-bond donors (Lipinski definition) is 2. The first kappa shape index (κ1) is 19.2. The highest BCUT2D eigenvalue weighted by atomic mass is 16.5. The molecular formula is C25H34N2O. The number of anilines is 2. The van der Waals surface area contributed by atoms with Crippen LogP contribution in [0.15, 0.2) is 42.5 Å². The summed E-state index contributed by atoms with van der Waals surface area (Å²) in [5.74, 6) is 5.15. The molecule has 0 unspecified atom stereocenters. The van der Waals surface area contributed by atoms with E-state index in [4.69, 9.17) is 16.2 Å². The Bertz CT molecular complexity index is 749. The van der Waals surface area contributed by atoms with Gasteiger partial charge in [-0.25, -0.2) is 0 Å². The monoisotopic (exact) mass is 378 g/mol. The van der Waals surface area contributed by atoms with Crippen LogP contribution in [-0.4, -0.2) is 0 Å². The second-order valence-electron chi connectivity index (χ2n) is 9.14. The van der Waals surface area contributed by atoms with E-state index in [0.717, 1.165) is 23.5 Å². The smallest absolute Gasteiger partial charge is 0.131 e. The second-order valence-corrected chi connectivity index (χ2v) is 9.14. The van der Waals surface area contributed by atoms with Crippen molar-refractivity contribution in [3.8, 4) is 11.5 Å². The fraction of sp³-hybridized carbons (Fsp3) is 0.520. The maximum atomic E-state index is 5.93. The van der Waals surface area contributed by atoms with Gasteiger partial charge in [-0.3, -0.25) is 0 Å². The molecule has 4 rings (SSSR count). The highest BCUT2D eigenvalue weighted by Crippen LogP contribution is 2.44. The summed E-state index contributed by atoms with van der Waals surface area (Å²) in [6.45, 7) is 2.42. The normalized spacial score (nSPS) is 28.0. The number of rotatable bonds is 4. The van der Waals surface area contributed by atoms with Gasteiger partial charge in [0.15, 0.2) is 0 Å². The van der Waals surface area contributed by atoms with Gasteiger partial charge in [0.2, 0.25) is 0 Å². The van der Waals surface area contributed by atoms with Gasteiger partial charge in [-0.05, 0) is 86.0 Å². The Labute approximate surface area is 169 Å². The summed E-state index contributed by atoms with van der Waals surface area (Å²) >= 11 is 0. The van der Waals surface area contributed by atoms with Crippen molar-refractivity contribution in [1.29, 1.82) is 0 Å². The van der Waals surface area contributed by atoms with Crippen LogP contribution in [0.3, 0.4) is 0 Å². The molecule has 4 N–H and O–H groups in total. The molecular weight excluding hydrogens is 344 g/mol. The van der Waals surface area contributed by atoms with Gasteiger partial charge in [0.25, 0.3) is 0 Å². The average molecular weight is 379 g/mol. The lowest BCUT2D eigenvalue weighted by atomic mass is 9.68. The molecule has 0 radical (unpaired) electrons. The summed E-state index contributed by atoms with van der Waals surface area (Å²) < 4.78 is 5.93. The lowest BCUT2D eigenvalue weighted by molar-refractivity contribution is 0.165. The topological polar surface area (TPSA) is 61.3 Å². The molecule has 0 amide bonds. The number of ether oxygens (including phenoxy) is 1. The van der Waals surface area contributed by atoms with Gasteiger partial charge in [0.1, 0.15) is 11.5 Å². The zero-order valence-corrected chi connectivity index (χ0v) is 17.1. The Morgan fingerprint density at radius 1 is 0.679 bits per heavy atom. The standard InChI is InChI=1S/C25H34N2O/c1-17-2-4-18(5-3-17)19-6-8-20(9-7-19)21-10-12-24(13-11-21)28-25-15-22(26)14-23(27)16-25/h10-20H,2-9,26-27H2,1H3. The lowest BCUT2D eigenvalue weighted by Crippen LogP contribution is -2.24. The van der Waals surface area contributed by atoms with Crippen LogP contribution in [0.1, 0.15) is 69.8 Å². The molecule has 0 aliphatic heterocycles. The second kappa shape index (κ2) is 8.46. The summed E-state index contributed by atoms with van der Waals surface area (Å²) in [6, 6.07) is 14.0. The molecule has 0 spiro atoms. The van der Waals surface area contributed by atoms with Crippen molar-refractivity contribution < 1.29 is 4.74 Å². The third-order valence-corrected chi connectivity index (χ3v) is 7.04. The van der Waals surface area contributed by atoms with Gasteiger partial charge < -0.3 is 16.2 Å². The molecule has 150 valence electrons. The van der Waals surface area contributed by atoms with Crippen LogP contribution in [0.5, 0.6) is 11.5 Å². The third-order valence-electron chi connectivity index (χ3n) is 7.04. The molecule has 0 bridgehead atoms. The molecule has 0 heterocycles. The van der Waals surface area contributed by atoms with Crippen molar-refractivity contribution >= 4 is 11.4 Å². The summed E-state index contributed by atoms with van der Waals surface area (Å²) in [4.78, 5) is 0. The van der Waals surface area contributed by atoms with Gasteiger partial charge in [0.05, 0.1) is 0 Å². The van der Waals surface area contributed by atoms with Crippen LogP contribution in [0.25, 0.3) is 0 Å². The maximum absolute atomic E-state index is 5.93. The predicted octanol–water partition coefficient (Wildman–Crippen LogP) is 6.74. The molecule has 0 atom stereocenters. The molecule has 2 fully saturated rings. The molecule has 2 aromatic rings. The Kier molecular flexibility index (Phi) is 5.79. The molecule has 28 heavy (non-hydrogen) atoms. The van der Waals surface area contributed by atoms with Crippen LogP contribution < -0.4 is 16.2 Å². The molecule has 2 saturated carbocycles. The van der Waals surface area contributed by atoms with Gasteiger partial charge in [-0.2, -0.15) is 0 Å². The van der Waals surface area contributed by atoms with Crippen LogP contribution in [0.4, 0.5) is 11.4 Å². The van der Waals surface area contributed by atoms with E-state index in [1.165, 1.54) is 56.9 Å². The fourth-order valence-corrected chi connectivity index (χ4v) is 5.33. The van der Waals surface area contributed by atoms with Crippen LogP contribution in [0, 0.1) is 17.8 Å². The predicted molar refractivity (Wildman–Crippen MR) is 118 cm³/mol. The Hall–Kier alpha value is -2.16. The molecule has 2 aromatic carbocycles. The van der Waals surface area contributed by atoms with E-state index in [1.807, 2.05) is 0 Å². The first-order chi connectivity index (χ1) is 13.6. The van der Waals surface area contributed by atoms with E-state index >= 15 is 0 Å². The summed E-state index contributed by atoms with van der Waals surface area (Å²) in [7, 11) is 0. The average Bonchev–Trinajstić information content (AvgIpc) is 2.69. The minimum absolute atomic E-state index is 0.621. The number of hydrogen-bond acceptors (Lipinski definition) is 3. The number of nitrogens with two attached hydrogens (primary N) is 2. The number of benzene rings is 2. The summed E-state index contributed by atoms with van der Waals surface area (Å²) in [6.07, 6.45) is 11.3. The first-order valence-electron chi connectivity index (χ1n) is 11.0. The first-order valence-corrected chi connectivity index (χ1v) is 11.0. The Morgan fingerprint density at radius 2 is 1.21 bits per heavy atom. The molecule has 0 aromatic heterocycles. The Morgan fingerprint density at radius 3 is 1.79 bits per heavy atom. The molecule has 0 saturated heterocycles. The van der Waals surface area contributed by atoms with E-state index in [-0.39, 0.29) is 0 Å². The van der Waals surface area contributed by atoms with E-state index in [2.05, 4.69) is 31.2 Å². The van der Waals surface area contributed by atoms with Gasteiger partial charge in [0, 0.05) is 23.5 Å². The lowest BCUT2D eigenvalue weighted by Gasteiger charge is -2.37. The largest absolute Gasteiger partial charge is 0.457 e. The van der Waals surface area contributed by atoms with Crippen molar-refractivity contribution in [2.75, 3.05) is 11.5 Å². The van der Waals surface area contributed by atoms with E-state index in [1.54, 1.807) is 18.2 Å². The van der Waals surface area contributed by atoms with Crippen molar-refractivity contribution in [3.63, 3.8) is 0 Å². The molecule has 2 aliphatic rings. The fourth-order valence-electron chi connectivity index (χ4n) is 5.33. The summed E-state index contributed by atoms with van der Waals surface area (Å²) in [5.41, 5.74) is 14.4. The van der Waals surface area contributed by atoms with Crippen molar-refractivity contribution in [2.45, 2.75) is 64.2 Å². The van der Waals surface area contributed by atoms with Gasteiger partial charge >= 0.3 is 0 Å². The zero-order valence-electron chi connectivity index (χ0n) is 17.1. The summed E-state index contributed by atoms with van der Waals surface area (Å²) in [5, 5.41) is 0. The van der Waals surface area contributed by atoms with Crippen LogP contribution in [-0.2, 0) is 0 Å². The minimum atomic E-state index is 0.621. The van der Waals surface area contributed by atoms with E-state index in [0.29, 0.717) is 23.0 Å². The van der Waals surface area contributed by atoms with Gasteiger partial charge in [-0.15, -0.1) is 0 Å². The van der Waals surface area contributed by atoms with E-state index < -0.39 is 0 Å². The molecule has 3 heteroatoms. The van der Waals surface area contributed by atoms with Crippen molar-refractivity contribution in [2.24, 2.45) is 17.8 Å². The van der Waals surface area contributed by atoms with Crippen LogP contribution >= 0.6 is 0 Å². The highest BCUT2D eigenvalue weighted by molar-refractivity contribution is 5.57. The molecule has 2 aliphatic carbocycles. The van der Waals surface area contributed by atoms with Gasteiger partial charge in [-0.1, -0.05) is 31.9 Å². The van der Waals surface area contributed by atoms with Crippen molar-refractivity contribution in [1.82, 2.24) is 0 Å².